The van der Waals surface area contributed by atoms with Gasteiger partial charge < -0.3 is 29.2 Å². The monoisotopic (exact) mass is 336 g/mol. The number of ether oxygens (including phenoxy) is 4. The number of carbonyl (C=O) groups excluding carboxylic acids is 3. The van der Waals surface area contributed by atoms with Crippen molar-refractivity contribution in [3.63, 3.8) is 0 Å². The first-order chi connectivity index (χ1) is 10.6. The van der Waals surface area contributed by atoms with E-state index in [1.165, 1.54) is 27.7 Å². The van der Waals surface area contributed by atoms with Crippen LogP contribution in [0.2, 0.25) is 0 Å². The van der Waals surface area contributed by atoms with Gasteiger partial charge in [-0.2, -0.15) is 0 Å². The minimum Gasteiger partial charge on any atom is -0.479 e. The van der Waals surface area contributed by atoms with E-state index < -0.39 is 55.1 Å². The highest BCUT2D eigenvalue weighted by atomic mass is 16.7. The zero-order valence-corrected chi connectivity index (χ0v) is 13.2. The van der Waals surface area contributed by atoms with Crippen molar-refractivity contribution in [3.8, 4) is 0 Å². The van der Waals surface area contributed by atoms with Crippen molar-refractivity contribution in [3.05, 3.63) is 0 Å². The van der Waals surface area contributed by atoms with Gasteiger partial charge in [-0.1, -0.05) is 0 Å². The fraction of sp³-hybridized carbons (Fsp3) is 0.692. The first-order valence-corrected chi connectivity index (χ1v) is 6.66. The molecule has 0 aliphatic carbocycles. The summed E-state index contributed by atoms with van der Waals surface area (Å²) in [6.45, 7) is 4.23. The van der Waals surface area contributed by atoms with E-state index in [1.807, 2.05) is 0 Å². The molecule has 0 amide bonds. The molecule has 0 aromatic rings. The van der Waals surface area contributed by atoms with Crippen LogP contribution in [0.5, 0.6) is 0 Å². The van der Waals surface area contributed by atoms with Crippen molar-refractivity contribution in [1.82, 2.24) is 0 Å². The molecule has 0 spiro atoms. The summed E-state index contributed by atoms with van der Waals surface area (Å²) in [4.78, 5) is 44.5. The average molecular weight is 336 g/mol. The molecular weight excluding hydrogens is 316 g/mol. The molecule has 132 valence electrons. The molecule has 4 unspecified atom stereocenters. The van der Waals surface area contributed by atoms with Gasteiger partial charge in [-0.05, 0) is 27.7 Å². The van der Waals surface area contributed by atoms with Gasteiger partial charge in [0.25, 0.3) is 0 Å². The van der Waals surface area contributed by atoms with E-state index in [9.17, 15) is 19.2 Å². The Morgan fingerprint density at radius 2 is 1.35 bits per heavy atom. The molecule has 4 atom stereocenters. The van der Waals surface area contributed by atoms with Crippen LogP contribution in [-0.2, 0) is 38.1 Å². The quantitative estimate of drug-likeness (QED) is 0.312. The molecule has 0 aromatic heterocycles. The Kier molecular flexibility index (Phi) is 8.81. The molecule has 0 fully saturated rings. The molecule has 23 heavy (non-hydrogen) atoms. The third kappa shape index (κ3) is 8.12. The van der Waals surface area contributed by atoms with Gasteiger partial charge in [-0.3, -0.25) is 0 Å². The lowest BCUT2D eigenvalue weighted by molar-refractivity contribution is -0.187. The largest absolute Gasteiger partial charge is 0.479 e. The Hall–Kier alpha value is -2.20. The highest BCUT2D eigenvalue weighted by Crippen LogP contribution is 2.02. The van der Waals surface area contributed by atoms with Crippen LogP contribution in [0.1, 0.15) is 27.7 Å². The van der Waals surface area contributed by atoms with E-state index in [2.05, 4.69) is 14.2 Å². The number of esters is 3. The lowest BCUT2D eigenvalue weighted by Gasteiger charge is -2.16. The SMILES string of the molecule is CC(O)C(=O)OC(C)C(=O)OCOC(C)C(=O)OC(C)C(=O)O. The summed E-state index contributed by atoms with van der Waals surface area (Å²) in [6.07, 6.45) is -5.15. The number of carboxylic acid groups (broad SMARTS) is 1. The number of aliphatic hydroxyl groups excluding tert-OH is 1. The number of rotatable bonds is 9. The minimum atomic E-state index is -1.38. The number of hydrogen-bond donors (Lipinski definition) is 2. The zero-order chi connectivity index (χ0) is 18.2. The van der Waals surface area contributed by atoms with E-state index in [0.29, 0.717) is 0 Å². The number of aliphatic carboxylic acids is 1. The summed E-state index contributed by atoms with van der Waals surface area (Å²) in [5.41, 5.74) is 0. The molecule has 10 heteroatoms. The standard InChI is InChI=1S/C13H20O10/c1-6(14)11(17)23-9(4)12(18)21-5-20-8(3)13(19)22-7(2)10(15)16/h6-9,14H,5H2,1-4H3,(H,15,16). The minimum absolute atomic E-state index is 0.632. The van der Waals surface area contributed by atoms with E-state index in [-0.39, 0.29) is 0 Å². The van der Waals surface area contributed by atoms with Gasteiger partial charge in [-0.15, -0.1) is 0 Å². The van der Waals surface area contributed by atoms with Crippen LogP contribution in [0.4, 0.5) is 0 Å². The van der Waals surface area contributed by atoms with Gasteiger partial charge in [0.15, 0.2) is 25.1 Å². The van der Waals surface area contributed by atoms with Crippen LogP contribution in [0.3, 0.4) is 0 Å². The fourth-order valence-corrected chi connectivity index (χ4v) is 1.02. The maximum Gasteiger partial charge on any atom is 0.349 e. The first-order valence-electron chi connectivity index (χ1n) is 6.66. The van der Waals surface area contributed by atoms with Crippen LogP contribution in [0.15, 0.2) is 0 Å². The van der Waals surface area contributed by atoms with Crippen LogP contribution in [0, 0.1) is 0 Å². The smallest absolute Gasteiger partial charge is 0.349 e. The topological polar surface area (TPSA) is 146 Å². The molecule has 0 radical (unpaired) electrons. The molecule has 0 saturated carbocycles. The summed E-state index contributed by atoms with van der Waals surface area (Å²) in [6, 6.07) is 0. The van der Waals surface area contributed by atoms with Gasteiger partial charge in [0.05, 0.1) is 0 Å². The first kappa shape index (κ1) is 20.8. The van der Waals surface area contributed by atoms with Crippen molar-refractivity contribution in [2.24, 2.45) is 0 Å². The van der Waals surface area contributed by atoms with Crippen molar-refractivity contribution in [2.45, 2.75) is 52.1 Å². The summed E-state index contributed by atoms with van der Waals surface area (Å²) >= 11 is 0. The van der Waals surface area contributed by atoms with Gasteiger partial charge in [0.2, 0.25) is 0 Å². The second kappa shape index (κ2) is 9.74. The predicted molar refractivity (Wildman–Crippen MR) is 71.9 cm³/mol. The van der Waals surface area contributed by atoms with E-state index in [4.69, 9.17) is 14.9 Å². The molecule has 0 aliphatic heterocycles. The van der Waals surface area contributed by atoms with E-state index in [1.54, 1.807) is 0 Å². The third-order valence-corrected chi connectivity index (χ3v) is 2.46. The van der Waals surface area contributed by atoms with Gasteiger partial charge in [0.1, 0.15) is 6.10 Å². The van der Waals surface area contributed by atoms with E-state index in [0.717, 1.165) is 0 Å². The fourth-order valence-electron chi connectivity index (χ4n) is 1.02. The van der Waals surface area contributed by atoms with Crippen molar-refractivity contribution in [1.29, 1.82) is 0 Å². The Labute approximate surface area is 132 Å². The summed E-state index contributed by atoms with van der Waals surface area (Å²) in [5, 5.41) is 17.5. The Balaban J connectivity index is 4.13. The predicted octanol–water partition coefficient (Wildman–Crippen LogP) is -0.779. The van der Waals surface area contributed by atoms with Gasteiger partial charge >= 0.3 is 23.9 Å². The molecule has 2 N–H and O–H groups in total. The highest BCUT2D eigenvalue weighted by Gasteiger charge is 2.24. The maximum atomic E-state index is 11.5. The molecular formula is C13H20O10. The molecule has 0 aliphatic rings. The maximum absolute atomic E-state index is 11.5. The highest BCUT2D eigenvalue weighted by molar-refractivity contribution is 5.81. The number of carboxylic acids is 1. The summed E-state index contributed by atoms with van der Waals surface area (Å²) in [7, 11) is 0. The lowest BCUT2D eigenvalue weighted by atomic mass is 10.4. The van der Waals surface area contributed by atoms with Gasteiger partial charge in [-0.25, -0.2) is 19.2 Å². The average Bonchev–Trinajstić information content (AvgIpc) is 2.46. The summed E-state index contributed by atoms with van der Waals surface area (Å²) in [5.74, 6) is -4.19. The molecule has 10 nitrogen and oxygen atoms in total. The van der Waals surface area contributed by atoms with Gasteiger partial charge in [0, 0.05) is 0 Å². The molecule has 0 heterocycles. The number of aliphatic hydroxyl groups is 1. The molecule has 0 saturated heterocycles. The second-order valence-corrected chi connectivity index (χ2v) is 4.56. The molecule has 0 bridgehead atoms. The summed E-state index contributed by atoms with van der Waals surface area (Å²) < 4.78 is 18.6. The second-order valence-electron chi connectivity index (χ2n) is 4.56. The van der Waals surface area contributed by atoms with Crippen molar-refractivity contribution in [2.75, 3.05) is 6.79 Å². The van der Waals surface area contributed by atoms with Crippen LogP contribution in [-0.4, -0.2) is 65.3 Å². The van der Waals surface area contributed by atoms with Crippen LogP contribution >= 0.6 is 0 Å². The number of hydrogen-bond acceptors (Lipinski definition) is 9. The normalized spacial score (nSPS) is 15.7. The van der Waals surface area contributed by atoms with Crippen molar-refractivity contribution >= 4 is 23.9 Å². The van der Waals surface area contributed by atoms with Crippen LogP contribution in [0.25, 0.3) is 0 Å². The Morgan fingerprint density at radius 3 is 1.83 bits per heavy atom. The van der Waals surface area contributed by atoms with Crippen LogP contribution < -0.4 is 0 Å². The molecule has 0 rings (SSSR count). The third-order valence-electron chi connectivity index (χ3n) is 2.46. The lowest BCUT2D eigenvalue weighted by Crippen LogP contribution is -2.33. The van der Waals surface area contributed by atoms with E-state index >= 15 is 0 Å². The van der Waals surface area contributed by atoms with Crippen molar-refractivity contribution < 1.29 is 48.3 Å². The zero-order valence-electron chi connectivity index (χ0n) is 13.2. The number of carbonyl (C=O) groups is 4. The Bertz CT molecular complexity index is 444. The Morgan fingerprint density at radius 1 is 0.826 bits per heavy atom. The molecule has 0 aromatic carbocycles.